The molecule has 0 atom stereocenters. The maximum atomic E-state index is 12.1. The number of hydrogen-bond donors (Lipinski definition) is 1. The predicted molar refractivity (Wildman–Crippen MR) is 91.0 cm³/mol. The smallest absolute Gasteiger partial charge is 0.253 e. The molecule has 2 aromatic heterocycles. The van der Waals surface area contributed by atoms with Gasteiger partial charge in [-0.2, -0.15) is 4.98 Å². The largest absolute Gasteiger partial charge is 0.379 e. The maximum Gasteiger partial charge on any atom is 0.253 e. The number of amides is 1. The number of rotatable bonds is 6. The van der Waals surface area contributed by atoms with Gasteiger partial charge in [0.15, 0.2) is 0 Å². The van der Waals surface area contributed by atoms with Gasteiger partial charge < -0.3 is 10.1 Å². The third-order valence-electron chi connectivity index (χ3n) is 4.01. The molecule has 130 valence electrons. The van der Waals surface area contributed by atoms with E-state index >= 15 is 0 Å². The highest BCUT2D eigenvalue weighted by molar-refractivity contribution is 7.99. The number of fused-ring (bicyclic) bond motifs is 1. The number of morpholine rings is 1. The van der Waals surface area contributed by atoms with E-state index in [2.05, 4.69) is 39.1 Å². The van der Waals surface area contributed by atoms with E-state index in [-0.39, 0.29) is 17.2 Å². The van der Waals surface area contributed by atoms with Crippen LogP contribution in [0.1, 0.15) is 13.8 Å². The minimum atomic E-state index is -0.0879. The van der Waals surface area contributed by atoms with Crippen LogP contribution in [-0.4, -0.2) is 74.5 Å². The number of nitrogens with one attached hydrogen (secondary N) is 1. The maximum absolute atomic E-state index is 12.1. The first kappa shape index (κ1) is 17.1. The summed E-state index contributed by atoms with van der Waals surface area (Å²) in [4.78, 5) is 22.8. The van der Waals surface area contributed by atoms with Crippen molar-refractivity contribution in [1.82, 2.24) is 29.8 Å². The highest BCUT2D eigenvalue weighted by Gasteiger charge is 2.28. The summed E-state index contributed by atoms with van der Waals surface area (Å²) in [5, 5.41) is 7.83. The van der Waals surface area contributed by atoms with Crippen LogP contribution in [0.25, 0.3) is 5.78 Å². The fourth-order valence-corrected chi connectivity index (χ4v) is 3.21. The summed E-state index contributed by atoms with van der Waals surface area (Å²) in [6, 6.07) is 1.79. The zero-order valence-corrected chi connectivity index (χ0v) is 14.8. The van der Waals surface area contributed by atoms with Gasteiger partial charge in [-0.1, -0.05) is 11.8 Å². The summed E-state index contributed by atoms with van der Waals surface area (Å²) in [5.74, 6) is 0.804. The summed E-state index contributed by atoms with van der Waals surface area (Å²) in [6.07, 6.45) is 3.45. The van der Waals surface area contributed by atoms with Gasteiger partial charge in [0, 0.05) is 37.6 Å². The Hall–Kier alpha value is -1.71. The monoisotopic (exact) mass is 350 g/mol. The van der Waals surface area contributed by atoms with Gasteiger partial charge in [0.2, 0.25) is 11.1 Å². The molecule has 1 amide bonds. The second-order valence-corrected chi connectivity index (χ2v) is 7.18. The number of hydrogen-bond acceptors (Lipinski definition) is 7. The molecule has 0 bridgehead atoms. The fourth-order valence-electron chi connectivity index (χ4n) is 2.55. The van der Waals surface area contributed by atoms with Gasteiger partial charge in [0.1, 0.15) is 0 Å². The number of aromatic nitrogens is 4. The van der Waals surface area contributed by atoms with Crippen molar-refractivity contribution in [3.63, 3.8) is 0 Å². The lowest BCUT2D eigenvalue weighted by Crippen LogP contribution is -2.55. The average molecular weight is 350 g/mol. The molecule has 9 heteroatoms. The lowest BCUT2D eigenvalue weighted by Gasteiger charge is -2.40. The standard InChI is InChI=1S/C15H22N6O2S/c1-15(2,20-6-8-23-9-7-20)11-17-12(22)10-24-14-18-13-16-4-3-5-21(13)19-14/h3-5H,6-11H2,1-2H3,(H,17,22). The first-order valence-electron chi connectivity index (χ1n) is 7.94. The molecule has 0 aromatic carbocycles. The van der Waals surface area contributed by atoms with Crippen molar-refractivity contribution in [1.29, 1.82) is 0 Å². The van der Waals surface area contributed by atoms with Gasteiger partial charge in [-0.15, -0.1) is 5.10 Å². The average Bonchev–Trinajstić information content (AvgIpc) is 3.02. The third-order valence-corrected chi connectivity index (χ3v) is 4.85. The van der Waals surface area contributed by atoms with Crippen LogP contribution >= 0.6 is 11.8 Å². The molecule has 1 fully saturated rings. The molecule has 0 radical (unpaired) electrons. The van der Waals surface area contributed by atoms with Crippen molar-refractivity contribution < 1.29 is 9.53 Å². The summed E-state index contributed by atoms with van der Waals surface area (Å²) in [7, 11) is 0. The molecule has 1 saturated heterocycles. The Morgan fingerprint density at radius 2 is 2.21 bits per heavy atom. The van der Waals surface area contributed by atoms with Crippen LogP contribution in [-0.2, 0) is 9.53 Å². The molecular formula is C15H22N6O2S. The molecular weight excluding hydrogens is 328 g/mol. The number of carbonyl (C=O) groups excluding carboxylic acids is 1. The van der Waals surface area contributed by atoms with Crippen LogP contribution in [0.3, 0.4) is 0 Å². The summed E-state index contributed by atoms with van der Waals surface area (Å²) in [5.41, 5.74) is -0.0879. The molecule has 2 aromatic rings. The Kier molecular flexibility index (Phi) is 5.32. The van der Waals surface area contributed by atoms with E-state index in [0.29, 0.717) is 17.5 Å². The minimum absolute atomic E-state index is 0.0202. The number of thioether (sulfide) groups is 1. The van der Waals surface area contributed by atoms with Gasteiger partial charge >= 0.3 is 0 Å². The number of carbonyl (C=O) groups is 1. The van der Waals surface area contributed by atoms with E-state index in [9.17, 15) is 4.79 Å². The fraction of sp³-hybridized carbons (Fsp3) is 0.600. The minimum Gasteiger partial charge on any atom is -0.379 e. The SMILES string of the molecule is CC(C)(CNC(=O)CSc1nc2ncccn2n1)N1CCOCC1. The Morgan fingerprint density at radius 3 is 2.96 bits per heavy atom. The van der Waals surface area contributed by atoms with Crippen LogP contribution in [0.2, 0.25) is 0 Å². The zero-order chi connectivity index (χ0) is 17.0. The van der Waals surface area contributed by atoms with E-state index in [1.807, 2.05) is 0 Å². The third kappa shape index (κ3) is 4.22. The first-order valence-corrected chi connectivity index (χ1v) is 8.93. The molecule has 3 rings (SSSR count). The Labute approximate surface area is 145 Å². The molecule has 3 heterocycles. The van der Waals surface area contributed by atoms with E-state index < -0.39 is 0 Å². The van der Waals surface area contributed by atoms with Crippen molar-refractivity contribution >= 4 is 23.4 Å². The molecule has 1 N–H and O–H groups in total. The van der Waals surface area contributed by atoms with Crippen molar-refractivity contribution in [2.75, 3.05) is 38.6 Å². The molecule has 0 aliphatic carbocycles. The predicted octanol–water partition coefficient (Wildman–Crippen LogP) is 0.443. The second kappa shape index (κ2) is 7.45. The molecule has 24 heavy (non-hydrogen) atoms. The lowest BCUT2D eigenvalue weighted by atomic mass is 10.0. The van der Waals surface area contributed by atoms with Crippen LogP contribution in [0.5, 0.6) is 0 Å². The van der Waals surface area contributed by atoms with Gasteiger partial charge in [-0.3, -0.25) is 9.69 Å². The Morgan fingerprint density at radius 1 is 1.42 bits per heavy atom. The van der Waals surface area contributed by atoms with E-state index in [0.717, 1.165) is 26.3 Å². The molecule has 1 aliphatic rings. The van der Waals surface area contributed by atoms with Crippen LogP contribution in [0.15, 0.2) is 23.6 Å². The van der Waals surface area contributed by atoms with E-state index in [1.54, 1.807) is 23.0 Å². The number of ether oxygens (including phenoxy) is 1. The van der Waals surface area contributed by atoms with Gasteiger partial charge in [0.25, 0.3) is 5.78 Å². The van der Waals surface area contributed by atoms with Gasteiger partial charge in [-0.05, 0) is 19.9 Å². The summed E-state index contributed by atoms with van der Waals surface area (Å²) in [6.45, 7) is 8.18. The van der Waals surface area contributed by atoms with Crippen LogP contribution < -0.4 is 5.32 Å². The highest BCUT2D eigenvalue weighted by Crippen LogP contribution is 2.16. The Balaban J connectivity index is 1.46. The van der Waals surface area contributed by atoms with Crippen LogP contribution in [0.4, 0.5) is 0 Å². The van der Waals surface area contributed by atoms with Crippen molar-refractivity contribution in [2.24, 2.45) is 0 Å². The summed E-state index contributed by atoms with van der Waals surface area (Å²) >= 11 is 1.31. The zero-order valence-electron chi connectivity index (χ0n) is 13.9. The topological polar surface area (TPSA) is 84.7 Å². The molecule has 0 unspecified atom stereocenters. The molecule has 0 saturated carbocycles. The second-order valence-electron chi connectivity index (χ2n) is 6.24. The molecule has 0 spiro atoms. The van der Waals surface area contributed by atoms with Crippen LogP contribution in [0, 0.1) is 0 Å². The highest BCUT2D eigenvalue weighted by atomic mass is 32.2. The summed E-state index contributed by atoms with van der Waals surface area (Å²) < 4.78 is 6.98. The molecule has 1 aliphatic heterocycles. The lowest BCUT2D eigenvalue weighted by molar-refractivity contribution is -0.119. The molecule has 8 nitrogen and oxygen atoms in total. The van der Waals surface area contributed by atoms with Crippen molar-refractivity contribution in [3.8, 4) is 0 Å². The van der Waals surface area contributed by atoms with E-state index in [4.69, 9.17) is 4.74 Å². The quantitative estimate of drug-likeness (QED) is 0.757. The van der Waals surface area contributed by atoms with Crippen molar-refractivity contribution in [2.45, 2.75) is 24.5 Å². The first-order chi connectivity index (χ1) is 11.5. The normalized spacial score (nSPS) is 16.4. The van der Waals surface area contributed by atoms with Gasteiger partial charge in [-0.25, -0.2) is 9.50 Å². The Bertz CT molecular complexity index is 665. The van der Waals surface area contributed by atoms with E-state index in [1.165, 1.54) is 11.8 Å². The van der Waals surface area contributed by atoms with Gasteiger partial charge in [0.05, 0.1) is 19.0 Å². The number of nitrogens with zero attached hydrogens (tertiary/aromatic N) is 5. The van der Waals surface area contributed by atoms with Crippen molar-refractivity contribution in [3.05, 3.63) is 18.5 Å².